The highest BCUT2D eigenvalue weighted by atomic mass is 35.5. The maximum atomic E-state index is 11.9. The molecule has 1 aromatic carbocycles. The van der Waals surface area contributed by atoms with Gasteiger partial charge in [0.05, 0.1) is 0 Å². The van der Waals surface area contributed by atoms with Gasteiger partial charge in [0, 0.05) is 18.0 Å². The van der Waals surface area contributed by atoms with E-state index in [-0.39, 0.29) is 11.3 Å². The summed E-state index contributed by atoms with van der Waals surface area (Å²) in [6.45, 7) is 6.57. The monoisotopic (exact) mass is 239 g/mol. The van der Waals surface area contributed by atoms with E-state index >= 15 is 0 Å². The van der Waals surface area contributed by atoms with Crippen molar-refractivity contribution in [1.82, 2.24) is 5.32 Å². The molecule has 0 bridgehead atoms. The second-order valence-corrected chi connectivity index (χ2v) is 5.06. The van der Waals surface area contributed by atoms with Crippen LogP contribution in [0.1, 0.15) is 29.8 Å². The molecule has 1 amide bonds. The van der Waals surface area contributed by atoms with Crippen LogP contribution in [0.4, 0.5) is 0 Å². The second-order valence-electron chi connectivity index (χ2n) is 4.80. The number of nitrogens with one attached hydrogen (secondary N) is 1. The van der Waals surface area contributed by atoms with E-state index < -0.39 is 0 Å². The van der Waals surface area contributed by atoms with Gasteiger partial charge in [-0.2, -0.15) is 0 Å². The van der Waals surface area contributed by atoms with Crippen molar-refractivity contribution in [3.8, 4) is 0 Å². The van der Waals surface area contributed by atoms with Crippen molar-refractivity contribution >= 4 is 17.5 Å². The molecule has 0 saturated heterocycles. The smallest absolute Gasteiger partial charge is 0.251 e. The molecular formula is C13H18ClNO. The number of amides is 1. The molecule has 0 radical (unpaired) electrons. The van der Waals surface area contributed by atoms with E-state index in [4.69, 9.17) is 11.6 Å². The average Bonchev–Trinajstić information content (AvgIpc) is 2.27. The molecular weight excluding hydrogens is 222 g/mol. The van der Waals surface area contributed by atoms with E-state index in [1.165, 1.54) is 0 Å². The van der Waals surface area contributed by atoms with Crippen LogP contribution in [0.3, 0.4) is 0 Å². The number of halogens is 1. The molecule has 0 aliphatic heterocycles. The number of hydrogen-bond donors (Lipinski definition) is 1. The predicted octanol–water partition coefficient (Wildman–Crippen LogP) is 2.99. The van der Waals surface area contributed by atoms with Crippen molar-refractivity contribution in [2.45, 2.75) is 20.8 Å². The third-order valence-electron chi connectivity index (χ3n) is 2.48. The van der Waals surface area contributed by atoms with Gasteiger partial charge in [0.2, 0.25) is 0 Å². The zero-order valence-corrected chi connectivity index (χ0v) is 10.8. The van der Waals surface area contributed by atoms with E-state index in [0.717, 1.165) is 11.1 Å². The largest absolute Gasteiger partial charge is 0.351 e. The molecule has 88 valence electrons. The molecule has 1 N–H and O–H groups in total. The van der Waals surface area contributed by atoms with Crippen molar-refractivity contribution in [3.63, 3.8) is 0 Å². The third kappa shape index (κ3) is 3.53. The van der Waals surface area contributed by atoms with Gasteiger partial charge in [-0.05, 0) is 24.0 Å². The fraction of sp³-hybridized carbons (Fsp3) is 0.462. The highest BCUT2D eigenvalue weighted by Crippen LogP contribution is 2.15. The summed E-state index contributed by atoms with van der Waals surface area (Å²) in [7, 11) is 0. The van der Waals surface area contributed by atoms with Gasteiger partial charge in [0.25, 0.3) is 5.91 Å². The predicted molar refractivity (Wildman–Crippen MR) is 68.0 cm³/mol. The van der Waals surface area contributed by atoms with E-state index in [1.807, 2.05) is 45.0 Å². The first-order valence-corrected chi connectivity index (χ1v) is 5.89. The Hall–Kier alpha value is -1.02. The number of hydrogen-bond acceptors (Lipinski definition) is 1. The molecule has 0 atom stereocenters. The minimum atomic E-state index is -0.0695. The van der Waals surface area contributed by atoms with Crippen LogP contribution in [-0.2, 0) is 0 Å². The first-order valence-electron chi connectivity index (χ1n) is 5.36. The highest BCUT2D eigenvalue weighted by Gasteiger charge is 2.18. The summed E-state index contributed by atoms with van der Waals surface area (Å²) in [5, 5.41) is 2.91. The van der Waals surface area contributed by atoms with Crippen LogP contribution in [0.2, 0.25) is 0 Å². The summed E-state index contributed by atoms with van der Waals surface area (Å²) < 4.78 is 0. The van der Waals surface area contributed by atoms with Crippen LogP contribution in [0.5, 0.6) is 0 Å². The first kappa shape index (κ1) is 13.0. The lowest BCUT2D eigenvalue weighted by atomic mass is 9.96. The standard InChI is InChI=1S/C13H18ClNO/c1-10-6-4-5-7-11(10)12(16)15-9-13(2,3)8-14/h4-7H,8-9H2,1-3H3,(H,15,16). The van der Waals surface area contributed by atoms with Gasteiger partial charge in [0.1, 0.15) is 0 Å². The van der Waals surface area contributed by atoms with Crippen LogP contribution < -0.4 is 5.32 Å². The van der Waals surface area contributed by atoms with Crippen LogP contribution in [0, 0.1) is 12.3 Å². The quantitative estimate of drug-likeness (QED) is 0.805. The first-order chi connectivity index (χ1) is 7.46. The summed E-state index contributed by atoms with van der Waals surface area (Å²) in [5.74, 6) is 0.498. The SMILES string of the molecule is Cc1ccccc1C(=O)NCC(C)(C)CCl. The lowest BCUT2D eigenvalue weighted by Gasteiger charge is -2.21. The molecule has 16 heavy (non-hydrogen) atoms. The Morgan fingerprint density at radius 3 is 2.56 bits per heavy atom. The van der Waals surface area contributed by atoms with Crippen molar-refractivity contribution in [3.05, 3.63) is 35.4 Å². The molecule has 0 aliphatic rings. The molecule has 1 aromatic rings. The molecule has 0 spiro atoms. The average molecular weight is 240 g/mol. The van der Waals surface area contributed by atoms with Gasteiger partial charge >= 0.3 is 0 Å². The lowest BCUT2D eigenvalue weighted by molar-refractivity contribution is 0.0939. The summed E-state index contributed by atoms with van der Waals surface area (Å²) in [5.41, 5.74) is 1.65. The zero-order chi connectivity index (χ0) is 12.2. The van der Waals surface area contributed by atoms with Crippen molar-refractivity contribution in [2.24, 2.45) is 5.41 Å². The fourth-order valence-electron chi connectivity index (χ4n) is 1.29. The Labute approximate surface area is 102 Å². The molecule has 3 heteroatoms. The fourth-order valence-corrected chi connectivity index (χ4v) is 1.38. The maximum absolute atomic E-state index is 11.9. The molecule has 0 aliphatic carbocycles. The van der Waals surface area contributed by atoms with Gasteiger partial charge in [0.15, 0.2) is 0 Å². The molecule has 0 fully saturated rings. The van der Waals surface area contributed by atoms with Crippen LogP contribution in [0.25, 0.3) is 0 Å². The Kier molecular flexibility index (Phi) is 4.36. The van der Waals surface area contributed by atoms with E-state index in [2.05, 4.69) is 5.32 Å². The van der Waals surface area contributed by atoms with Crippen LogP contribution in [-0.4, -0.2) is 18.3 Å². The van der Waals surface area contributed by atoms with Gasteiger partial charge in [-0.15, -0.1) is 11.6 Å². The summed E-state index contributed by atoms with van der Waals surface area (Å²) in [4.78, 5) is 11.9. The number of benzene rings is 1. The van der Waals surface area contributed by atoms with Gasteiger partial charge < -0.3 is 5.32 Å². The Morgan fingerprint density at radius 1 is 1.38 bits per heavy atom. The summed E-state index contributed by atoms with van der Waals surface area (Å²) >= 11 is 5.80. The Balaban J connectivity index is 2.64. The third-order valence-corrected chi connectivity index (χ3v) is 3.20. The topological polar surface area (TPSA) is 29.1 Å². The molecule has 2 nitrogen and oxygen atoms in total. The van der Waals surface area contributed by atoms with Gasteiger partial charge in [-0.25, -0.2) is 0 Å². The number of carbonyl (C=O) groups excluding carboxylic acids is 1. The molecule has 0 aromatic heterocycles. The molecule has 0 saturated carbocycles. The lowest BCUT2D eigenvalue weighted by Crippen LogP contribution is -2.35. The second kappa shape index (κ2) is 5.35. The van der Waals surface area contributed by atoms with Crippen LogP contribution >= 0.6 is 11.6 Å². The van der Waals surface area contributed by atoms with E-state index in [9.17, 15) is 4.79 Å². The van der Waals surface area contributed by atoms with Crippen molar-refractivity contribution in [1.29, 1.82) is 0 Å². The number of alkyl halides is 1. The summed E-state index contributed by atoms with van der Waals surface area (Å²) in [6.07, 6.45) is 0. The molecule has 0 heterocycles. The van der Waals surface area contributed by atoms with E-state index in [1.54, 1.807) is 0 Å². The van der Waals surface area contributed by atoms with Crippen LogP contribution in [0.15, 0.2) is 24.3 Å². The Bertz CT molecular complexity index is 374. The minimum Gasteiger partial charge on any atom is -0.351 e. The Morgan fingerprint density at radius 2 is 2.00 bits per heavy atom. The van der Waals surface area contributed by atoms with Gasteiger partial charge in [-0.1, -0.05) is 32.0 Å². The van der Waals surface area contributed by atoms with Crippen molar-refractivity contribution < 1.29 is 4.79 Å². The maximum Gasteiger partial charge on any atom is 0.251 e. The summed E-state index contributed by atoms with van der Waals surface area (Å²) in [6, 6.07) is 7.56. The number of carbonyl (C=O) groups is 1. The molecule has 0 unspecified atom stereocenters. The number of rotatable bonds is 4. The normalized spacial score (nSPS) is 11.2. The zero-order valence-electron chi connectivity index (χ0n) is 10.0. The van der Waals surface area contributed by atoms with Gasteiger partial charge in [-0.3, -0.25) is 4.79 Å². The highest BCUT2D eigenvalue weighted by molar-refractivity contribution is 6.18. The van der Waals surface area contributed by atoms with Crippen molar-refractivity contribution in [2.75, 3.05) is 12.4 Å². The minimum absolute atomic E-state index is 0.0312. The molecule has 1 rings (SSSR count). The number of aryl methyl sites for hydroxylation is 1. The van der Waals surface area contributed by atoms with E-state index in [0.29, 0.717) is 12.4 Å².